The van der Waals surface area contributed by atoms with Gasteiger partial charge in [-0.1, -0.05) is 47.5 Å². The molecule has 0 heterocycles. The molecule has 0 atom stereocenters. The van der Waals surface area contributed by atoms with Crippen molar-refractivity contribution < 1.29 is 9.59 Å². The van der Waals surface area contributed by atoms with Crippen molar-refractivity contribution in [3.63, 3.8) is 0 Å². The van der Waals surface area contributed by atoms with Gasteiger partial charge < -0.3 is 5.32 Å². The number of hydrazone groups is 1. The lowest BCUT2D eigenvalue weighted by Crippen LogP contribution is -2.18. The second-order valence-corrected chi connectivity index (χ2v) is 6.59. The molecule has 6 heteroatoms. The van der Waals surface area contributed by atoms with E-state index in [1.807, 2.05) is 19.1 Å². The summed E-state index contributed by atoms with van der Waals surface area (Å²) in [5.41, 5.74) is 5.81. The fraction of sp³-hybridized carbons (Fsp3) is 0.0455. The number of halogens is 1. The van der Waals surface area contributed by atoms with E-state index in [0.29, 0.717) is 21.8 Å². The largest absolute Gasteiger partial charge is 0.322 e. The highest BCUT2D eigenvalue weighted by Crippen LogP contribution is 2.13. The van der Waals surface area contributed by atoms with Gasteiger partial charge in [0, 0.05) is 21.8 Å². The monoisotopic (exact) mass is 391 g/mol. The van der Waals surface area contributed by atoms with Crippen molar-refractivity contribution in [3.05, 3.63) is 100 Å². The van der Waals surface area contributed by atoms with Gasteiger partial charge in [0.05, 0.1) is 6.21 Å². The highest BCUT2D eigenvalue weighted by molar-refractivity contribution is 6.30. The number of hydrogen-bond acceptors (Lipinski definition) is 3. The molecule has 0 bridgehead atoms. The van der Waals surface area contributed by atoms with Crippen molar-refractivity contribution in [2.24, 2.45) is 5.10 Å². The maximum absolute atomic E-state index is 12.3. The molecule has 140 valence electrons. The van der Waals surface area contributed by atoms with Gasteiger partial charge in [-0.05, 0) is 55.0 Å². The van der Waals surface area contributed by atoms with Gasteiger partial charge in [-0.2, -0.15) is 5.10 Å². The van der Waals surface area contributed by atoms with Gasteiger partial charge in [-0.15, -0.1) is 0 Å². The lowest BCUT2D eigenvalue weighted by Gasteiger charge is -2.07. The van der Waals surface area contributed by atoms with Gasteiger partial charge in [0.15, 0.2) is 0 Å². The molecule has 5 nitrogen and oxygen atoms in total. The first kappa shape index (κ1) is 19.3. The highest BCUT2D eigenvalue weighted by Gasteiger charge is 2.09. The zero-order valence-electron chi connectivity index (χ0n) is 15.1. The summed E-state index contributed by atoms with van der Waals surface area (Å²) in [6.45, 7) is 1.96. The second kappa shape index (κ2) is 8.97. The Bertz CT molecular complexity index is 1010. The third-order valence-corrected chi connectivity index (χ3v) is 4.20. The lowest BCUT2D eigenvalue weighted by molar-refractivity contribution is 0.0953. The third kappa shape index (κ3) is 5.28. The molecule has 2 amide bonds. The van der Waals surface area contributed by atoms with Crippen molar-refractivity contribution in [3.8, 4) is 0 Å². The van der Waals surface area contributed by atoms with E-state index < -0.39 is 0 Å². The number of nitrogens with one attached hydrogen (secondary N) is 2. The van der Waals surface area contributed by atoms with E-state index >= 15 is 0 Å². The van der Waals surface area contributed by atoms with Crippen LogP contribution in [0, 0.1) is 6.92 Å². The molecular weight excluding hydrogens is 374 g/mol. The summed E-state index contributed by atoms with van der Waals surface area (Å²) in [6.07, 6.45) is 1.53. The molecule has 0 aromatic heterocycles. The molecule has 28 heavy (non-hydrogen) atoms. The summed E-state index contributed by atoms with van der Waals surface area (Å²) in [5, 5.41) is 7.36. The minimum atomic E-state index is -0.378. The molecule has 3 rings (SSSR count). The van der Waals surface area contributed by atoms with Crippen LogP contribution in [0.1, 0.15) is 31.8 Å². The van der Waals surface area contributed by atoms with Crippen LogP contribution in [0.4, 0.5) is 5.69 Å². The van der Waals surface area contributed by atoms with Crippen molar-refractivity contribution in [2.75, 3.05) is 5.32 Å². The summed E-state index contributed by atoms with van der Waals surface area (Å²) in [4.78, 5) is 24.6. The predicted molar refractivity (Wildman–Crippen MR) is 112 cm³/mol. The molecule has 3 aromatic carbocycles. The van der Waals surface area contributed by atoms with Crippen LogP contribution in [0.5, 0.6) is 0 Å². The summed E-state index contributed by atoms with van der Waals surface area (Å²) in [7, 11) is 0. The predicted octanol–water partition coefficient (Wildman–Crippen LogP) is 4.66. The average molecular weight is 392 g/mol. The number of carbonyl (C=O) groups excluding carboxylic acids is 2. The topological polar surface area (TPSA) is 70.6 Å². The summed E-state index contributed by atoms with van der Waals surface area (Å²) in [6, 6.07) is 21.0. The molecule has 2 N–H and O–H groups in total. The normalized spacial score (nSPS) is 10.6. The number of amides is 2. The van der Waals surface area contributed by atoms with Crippen LogP contribution in [0.15, 0.2) is 77.9 Å². The lowest BCUT2D eigenvalue weighted by atomic mass is 10.1. The minimum absolute atomic E-state index is 0.238. The Hall–Kier alpha value is -3.44. The smallest absolute Gasteiger partial charge is 0.271 e. The van der Waals surface area contributed by atoms with Gasteiger partial charge in [0.25, 0.3) is 11.8 Å². The summed E-state index contributed by atoms with van der Waals surface area (Å²) in [5.74, 6) is -0.616. The zero-order valence-corrected chi connectivity index (χ0v) is 15.9. The summed E-state index contributed by atoms with van der Waals surface area (Å²) >= 11 is 5.83. The summed E-state index contributed by atoms with van der Waals surface area (Å²) < 4.78 is 0. The van der Waals surface area contributed by atoms with Crippen molar-refractivity contribution in [1.82, 2.24) is 5.43 Å². The molecule has 0 spiro atoms. The molecular formula is C22H18ClN3O2. The number of aryl methyl sites for hydroxylation is 1. The van der Waals surface area contributed by atoms with Gasteiger partial charge in [0.1, 0.15) is 0 Å². The Labute approximate surface area is 168 Å². The highest BCUT2D eigenvalue weighted by atomic mass is 35.5. The Morgan fingerprint density at radius 1 is 0.893 bits per heavy atom. The molecule has 0 saturated carbocycles. The first-order valence-electron chi connectivity index (χ1n) is 8.58. The third-order valence-electron chi connectivity index (χ3n) is 3.95. The molecule has 0 radical (unpaired) electrons. The average Bonchev–Trinajstić information content (AvgIpc) is 2.70. The van der Waals surface area contributed by atoms with Crippen LogP contribution in [0.2, 0.25) is 5.02 Å². The Balaban J connectivity index is 1.63. The maximum Gasteiger partial charge on any atom is 0.271 e. The van der Waals surface area contributed by atoms with E-state index in [2.05, 4.69) is 15.8 Å². The number of carbonyl (C=O) groups is 2. The van der Waals surface area contributed by atoms with Gasteiger partial charge in [0.2, 0.25) is 0 Å². The van der Waals surface area contributed by atoms with E-state index in [1.54, 1.807) is 60.7 Å². The fourth-order valence-electron chi connectivity index (χ4n) is 2.43. The molecule has 0 saturated heterocycles. The number of hydrogen-bond donors (Lipinski definition) is 2. The van der Waals surface area contributed by atoms with E-state index in [4.69, 9.17) is 11.6 Å². The molecule has 3 aromatic rings. The van der Waals surface area contributed by atoms with E-state index in [1.165, 1.54) is 6.21 Å². The minimum Gasteiger partial charge on any atom is -0.322 e. The SMILES string of the molecule is Cc1ccc(C(=O)Nc2cccc(C(=O)N/N=C\c3ccc(Cl)cc3)c2)cc1. The van der Waals surface area contributed by atoms with Crippen LogP contribution >= 0.6 is 11.6 Å². The van der Waals surface area contributed by atoms with Gasteiger partial charge in [-0.25, -0.2) is 5.43 Å². The van der Waals surface area contributed by atoms with Crippen LogP contribution in [0.3, 0.4) is 0 Å². The Kier molecular flexibility index (Phi) is 6.19. The molecule has 0 aliphatic carbocycles. The van der Waals surface area contributed by atoms with Crippen LogP contribution in [-0.4, -0.2) is 18.0 Å². The Morgan fingerprint density at radius 3 is 2.32 bits per heavy atom. The van der Waals surface area contributed by atoms with Crippen LogP contribution in [0.25, 0.3) is 0 Å². The molecule has 0 fully saturated rings. The van der Waals surface area contributed by atoms with Crippen molar-refractivity contribution >= 4 is 35.3 Å². The van der Waals surface area contributed by atoms with Gasteiger partial charge in [-0.3, -0.25) is 9.59 Å². The maximum atomic E-state index is 12.3. The quantitative estimate of drug-likeness (QED) is 0.490. The van der Waals surface area contributed by atoms with Crippen LogP contribution < -0.4 is 10.7 Å². The first-order valence-corrected chi connectivity index (χ1v) is 8.96. The zero-order chi connectivity index (χ0) is 19.9. The number of nitrogens with zero attached hydrogens (tertiary/aromatic N) is 1. The molecule has 0 unspecified atom stereocenters. The first-order chi connectivity index (χ1) is 13.5. The second-order valence-electron chi connectivity index (χ2n) is 6.15. The number of rotatable bonds is 5. The van der Waals surface area contributed by atoms with Crippen molar-refractivity contribution in [2.45, 2.75) is 6.92 Å². The number of anilines is 1. The Morgan fingerprint density at radius 2 is 1.61 bits per heavy atom. The molecule has 0 aliphatic heterocycles. The fourth-order valence-corrected chi connectivity index (χ4v) is 2.55. The van der Waals surface area contributed by atoms with E-state index in [-0.39, 0.29) is 11.8 Å². The van der Waals surface area contributed by atoms with Crippen molar-refractivity contribution in [1.29, 1.82) is 0 Å². The van der Waals surface area contributed by atoms with Gasteiger partial charge >= 0.3 is 0 Å². The number of benzene rings is 3. The molecule has 0 aliphatic rings. The standard InChI is InChI=1S/C22H18ClN3O2/c1-15-5-9-17(10-6-15)21(27)25-20-4-2-3-18(13-20)22(28)26-24-14-16-7-11-19(23)12-8-16/h2-14H,1H3,(H,25,27)(H,26,28)/b24-14-. The van der Waals surface area contributed by atoms with E-state index in [9.17, 15) is 9.59 Å². The van der Waals surface area contributed by atoms with Crippen LogP contribution in [-0.2, 0) is 0 Å². The van der Waals surface area contributed by atoms with E-state index in [0.717, 1.165) is 11.1 Å².